The van der Waals surface area contributed by atoms with Crippen LogP contribution in [0.4, 0.5) is 0 Å². The van der Waals surface area contributed by atoms with Crippen molar-refractivity contribution in [2.75, 3.05) is 13.2 Å². The molecule has 0 spiro atoms. The second-order valence-electron chi connectivity index (χ2n) is 4.87. The molecule has 1 heterocycles. The second kappa shape index (κ2) is 2.05. The van der Waals surface area contributed by atoms with E-state index in [1.54, 1.807) is 0 Å². The van der Waals surface area contributed by atoms with Crippen molar-refractivity contribution in [3.63, 3.8) is 0 Å². The van der Waals surface area contributed by atoms with Crippen LogP contribution < -0.4 is 5.73 Å². The van der Waals surface area contributed by atoms with Gasteiger partial charge in [-0.05, 0) is 43.4 Å². The maximum absolute atomic E-state index is 6.31. The van der Waals surface area contributed by atoms with E-state index in [2.05, 4.69) is 0 Å². The molecule has 2 aliphatic carbocycles. The first kappa shape index (κ1) is 7.34. The summed E-state index contributed by atoms with van der Waals surface area (Å²) in [5, 5.41) is 0. The average molecular weight is 167 g/mol. The van der Waals surface area contributed by atoms with Crippen molar-refractivity contribution in [1.29, 1.82) is 0 Å². The van der Waals surface area contributed by atoms with E-state index in [1.807, 2.05) is 0 Å². The van der Waals surface area contributed by atoms with Crippen molar-refractivity contribution in [3.05, 3.63) is 0 Å². The minimum absolute atomic E-state index is 0.241. The maximum atomic E-state index is 6.31. The summed E-state index contributed by atoms with van der Waals surface area (Å²) in [6.07, 6.45) is 6.54. The SMILES string of the molecule is NC1(C2(C3CCOC3)CC2)CC1. The molecule has 3 aliphatic rings. The van der Waals surface area contributed by atoms with Gasteiger partial charge in [-0.3, -0.25) is 0 Å². The number of ether oxygens (including phenoxy) is 1. The van der Waals surface area contributed by atoms with Crippen LogP contribution in [-0.4, -0.2) is 18.8 Å². The standard InChI is InChI=1S/C10H17NO/c11-10(4-5-10)9(2-3-9)8-1-6-12-7-8/h8H,1-7,11H2. The highest BCUT2D eigenvalue weighted by atomic mass is 16.5. The summed E-state index contributed by atoms with van der Waals surface area (Å²) in [5.41, 5.74) is 7.08. The van der Waals surface area contributed by atoms with Crippen LogP contribution in [0.2, 0.25) is 0 Å². The highest BCUT2D eigenvalue weighted by Crippen LogP contribution is 2.67. The van der Waals surface area contributed by atoms with E-state index in [4.69, 9.17) is 10.5 Å². The summed E-state index contributed by atoms with van der Waals surface area (Å²) < 4.78 is 5.45. The van der Waals surface area contributed by atoms with Gasteiger partial charge in [-0.25, -0.2) is 0 Å². The Morgan fingerprint density at radius 3 is 2.33 bits per heavy atom. The normalized spacial score (nSPS) is 41.2. The molecule has 2 N–H and O–H groups in total. The van der Waals surface area contributed by atoms with Crippen molar-refractivity contribution in [2.45, 2.75) is 37.6 Å². The summed E-state index contributed by atoms with van der Waals surface area (Å²) >= 11 is 0. The molecule has 1 saturated heterocycles. The van der Waals surface area contributed by atoms with Crippen molar-refractivity contribution in [2.24, 2.45) is 17.1 Å². The number of nitrogens with two attached hydrogens (primary N) is 1. The molecule has 0 bridgehead atoms. The van der Waals surface area contributed by atoms with Gasteiger partial charge in [0.1, 0.15) is 0 Å². The fourth-order valence-corrected chi connectivity index (χ4v) is 3.05. The number of hydrogen-bond donors (Lipinski definition) is 1. The molecule has 0 aromatic heterocycles. The first-order valence-corrected chi connectivity index (χ1v) is 5.14. The molecule has 0 radical (unpaired) electrons. The quantitative estimate of drug-likeness (QED) is 0.672. The molecule has 68 valence electrons. The molecule has 1 atom stereocenters. The van der Waals surface area contributed by atoms with Crippen LogP contribution in [0.15, 0.2) is 0 Å². The molecule has 1 unspecified atom stereocenters. The molecule has 2 heteroatoms. The Hall–Kier alpha value is -0.0800. The van der Waals surface area contributed by atoms with E-state index in [0.29, 0.717) is 5.41 Å². The zero-order chi connectivity index (χ0) is 8.23. The maximum Gasteiger partial charge on any atom is 0.0501 e. The van der Waals surface area contributed by atoms with Gasteiger partial charge in [0.2, 0.25) is 0 Å². The Labute approximate surface area is 73.5 Å². The first-order chi connectivity index (χ1) is 5.77. The Kier molecular flexibility index (Phi) is 1.25. The van der Waals surface area contributed by atoms with Gasteiger partial charge in [-0.15, -0.1) is 0 Å². The lowest BCUT2D eigenvalue weighted by Crippen LogP contribution is -2.39. The average Bonchev–Trinajstić information content (AvgIpc) is 2.96. The second-order valence-corrected chi connectivity index (χ2v) is 4.87. The van der Waals surface area contributed by atoms with Crippen LogP contribution in [0.3, 0.4) is 0 Å². The Balaban J connectivity index is 1.81. The number of rotatable bonds is 2. The molecule has 12 heavy (non-hydrogen) atoms. The lowest BCUT2D eigenvalue weighted by Gasteiger charge is -2.28. The van der Waals surface area contributed by atoms with Crippen LogP contribution in [0.5, 0.6) is 0 Å². The number of hydrogen-bond acceptors (Lipinski definition) is 2. The zero-order valence-corrected chi connectivity index (χ0v) is 7.51. The first-order valence-electron chi connectivity index (χ1n) is 5.14. The smallest absolute Gasteiger partial charge is 0.0501 e. The lowest BCUT2D eigenvalue weighted by atomic mass is 9.80. The lowest BCUT2D eigenvalue weighted by molar-refractivity contribution is 0.153. The van der Waals surface area contributed by atoms with Gasteiger partial charge in [-0.1, -0.05) is 0 Å². The van der Waals surface area contributed by atoms with Crippen molar-refractivity contribution < 1.29 is 4.74 Å². The summed E-state index contributed by atoms with van der Waals surface area (Å²) in [7, 11) is 0. The summed E-state index contributed by atoms with van der Waals surface area (Å²) in [5.74, 6) is 0.796. The molecule has 2 saturated carbocycles. The van der Waals surface area contributed by atoms with Crippen molar-refractivity contribution in [1.82, 2.24) is 0 Å². The minimum Gasteiger partial charge on any atom is -0.381 e. The van der Waals surface area contributed by atoms with E-state index < -0.39 is 0 Å². The van der Waals surface area contributed by atoms with E-state index in [1.165, 1.54) is 32.1 Å². The molecular weight excluding hydrogens is 150 g/mol. The van der Waals surface area contributed by atoms with Gasteiger partial charge in [-0.2, -0.15) is 0 Å². The molecular formula is C10H17NO. The largest absolute Gasteiger partial charge is 0.381 e. The molecule has 0 aromatic rings. The van der Waals surface area contributed by atoms with Gasteiger partial charge >= 0.3 is 0 Å². The van der Waals surface area contributed by atoms with Crippen LogP contribution in [0.25, 0.3) is 0 Å². The topological polar surface area (TPSA) is 35.2 Å². The van der Waals surface area contributed by atoms with Gasteiger partial charge in [0.05, 0.1) is 6.61 Å². The van der Waals surface area contributed by atoms with Crippen LogP contribution in [0.1, 0.15) is 32.1 Å². The highest BCUT2D eigenvalue weighted by Gasteiger charge is 2.66. The predicted octanol–water partition coefficient (Wildman–Crippen LogP) is 1.29. The Morgan fingerprint density at radius 1 is 1.17 bits per heavy atom. The van der Waals surface area contributed by atoms with Crippen LogP contribution >= 0.6 is 0 Å². The third-order valence-electron chi connectivity index (χ3n) is 4.28. The molecule has 3 rings (SSSR count). The Bertz CT molecular complexity index is 200. The summed E-state index contributed by atoms with van der Waals surface area (Å²) in [4.78, 5) is 0. The summed E-state index contributed by atoms with van der Waals surface area (Å²) in [6, 6.07) is 0. The van der Waals surface area contributed by atoms with Gasteiger partial charge in [0.15, 0.2) is 0 Å². The molecule has 2 nitrogen and oxygen atoms in total. The van der Waals surface area contributed by atoms with E-state index >= 15 is 0 Å². The van der Waals surface area contributed by atoms with Crippen molar-refractivity contribution >= 4 is 0 Å². The van der Waals surface area contributed by atoms with Crippen LogP contribution in [0, 0.1) is 11.3 Å². The van der Waals surface area contributed by atoms with Gasteiger partial charge in [0, 0.05) is 12.1 Å². The van der Waals surface area contributed by atoms with Crippen LogP contribution in [-0.2, 0) is 4.74 Å². The third-order valence-corrected chi connectivity index (χ3v) is 4.28. The monoisotopic (exact) mass is 167 g/mol. The van der Waals surface area contributed by atoms with E-state index in [-0.39, 0.29) is 5.54 Å². The molecule has 3 fully saturated rings. The highest BCUT2D eigenvalue weighted by molar-refractivity contribution is 5.21. The molecule has 1 aliphatic heterocycles. The Morgan fingerprint density at radius 2 is 1.92 bits per heavy atom. The van der Waals surface area contributed by atoms with Crippen molar-refractivity contribution in [3.8, 4) is 0 Å². The summed E-state index contributed by atoms with van der Waals surface area (Å²) in [6.45, 7) is 1.96. The molecule has 0 aromatic carbocycles. The zero-order valence-electron chi connectivity index (χ0n) is 7.51. The molecule has 0 amide bonds. The third kappa shape index (κ3) is 0.775. The van der Waals surface area contributed by atoms with Gasteiger partial charge < -0.3 is 10.5 Å². The minimum atomic E-state index is 0.241. The predicted molar refractivity (Wildman–Crippen MR) is 46.7 cm³/mol. The van der Waals surface area contributed by atoms with Gasteiger partial charge in [0.25, 0.3) is 0 Å². The van der Waals surface area contributed by atoms with E-state index in [0.717, 1.165) is 19.1 Å². The fourth-order valence-electron chi connectivity index (χ4n) is 3.05. The van der Waals surface area contributed by atoms with E-state index in [9.17, 15) is 0 Å². The fraction of sp³-hybridized carbons (Fsp3) is 1.00.